The lowest BCUT2D eigenvalue weighted by Gasteiger charge is -2.26. The fraction of sp³-hybridized carbons (Fsp3) is 0.444. The van der Waals surface area contributed by atoms with Gasteiger partial charge in [-0.05, 0) is 54.7 Å². The molecule has 9 heteroatoms. The zero-order valence-corrected chi connectivity index (χ0v) is 22.5. The first-order valence-corrected chi connectivity index (χ1v) is 13.5. The van der Waals surface area contributed by atoms with Crippen LogP contribution in [-0.4, -0.2) is 39.0 Å². The van der Waals surface area contributed by atoms with Crippen molar-refractivity contribution in [2.45, 2.75) is 57.0 Å². The topological polar surface area (TPSA) is 103 Å². The molecule has 3 aromatic rings. The molecule has 4 rings (SSSR count). The second-order valence-electron chi connectivity index (χ2n) is 10.4. The van der Waals surface area contributed by atoms with Crippen LogP contribution in [0.5, 0.6) is 0 Å². The van der Waals surface area contributed by atoms with Crippen molar-refractivity contribution in [3.8, 4) is 0 Å². The maximum Gasteiger partial charge on any atom is 0.152 e. The van der Waals surface area contributed by atoms with Crippen molar-refractivity contribution in [1.82, 2.24) is 14.6 Å². The number of benzene rings is 2. The molecule has 1 fully saturated rings. The number of hydrazine groups is 1. The average Bonchev–Trinajstić information content (AvgIpc) is 3.22. The summed E-state index contributed by atoms with van der Waals surface area (Å²) in [6, 6.07) is 13.8. The van der Waals surface area contributed by atoms with Crippen molar-refractivity contribution in [3.63, 3.8) is 0 Å². The molecular weight excluding hydrogens is 472 g/mol. The molecule has 0 aliphatic carbocycles. The van der Waals surface area contributed by atoms with Gasteiger partial charge in [0.15, 0.2) is 11.0 Å². The molecule has 0 spiro atoms. The van der Waals surface area contributed by atoms with Gasteiger partial charge in [-0.3, -0.25) is 4.31 Å². The summed E-state index contributed by atoms with van der Waals surface area (Å²) in [5, 5.41) is 1.50. The van der Waals surface area contributed by atoms with Gasteiger partial charge in [0.25, 0.3) is 0 Å². The highest BCUT2D eigenvalue weighted by Gasteiger charge is 2.26. The lowest BCUT2D eigenvalue weighted by atomic mass is 9.94. The summed E-state index contributed by atoms with van der Waals surface area (Å²) in [5.41, 5.74) is 9.22. The van der Waals surface area contributed by atoms with Crippen LogP contribution < -0.4 is 15.9 Å². The van der Waals surface area contributed by atoms with Crippen LogP contribution in [0.1, 0.15) is 45.0 Å². The SMILES string of the molecule is CN(c1ccc2c(c1)nc(C(C)(C)C)n2CC1CCOCC1)S(=O)c1ccc(CN(N)/C=C\N)cc1. The van der Waals surface area contributed by atoms with E-state index in [9.17, 15) is 4.21 Å². The van der Waals surface area contributed by atoms with E-state index in [0.717, 1.165) is 65.6 Å². The maximum absolute atomic E-state index is 13.3. The number of hydrogen-bond donors (Lipinski definition) is 2. The third-order valence-corrected chi connectivity index (χ3v) is 7.95. The van der Waals surface area contributed by atoms with Crippen LogP contribution in [0.3, 0.4) is 0 Å². The van der Waals surface area contributed by atoms with E-state index in [1.807, 2.05) is 43.4 Å². The minimum Gasteiger partial charge on any atom is -0.403 e. The van der Waals surface area contributed by atoms with Crippen LogP contribution in [0.25, 0.3) is 11.0 Å². The zero-order chi connectivity index (χ0) is 25.9. The van der Waals surface area contributed by atoms with Crippen LogP contribution in [-0.2, 0) is 34.2 Å². The number of hydrogen-bond acceptors (Lipinski definition) is 6. The smallest absolute Gasteiger partial charge is 0.152 e. The Morgan fingerprint density at radius 1 is 1.17 bits per heavy atom. The Balaban J connectivity index is 1.57. The van der Waals surface area contributed by atoms with Crippen LogP contribution >= 0.6 is 0 Å². The quantitative estimate of drug-likeness (QED) is 0.350. The van der Waals surface area contributed by atoms with E-state index in [4.69, 9.17) is 21.3 Å². The summed E-state index contributed by atoms with van der Waals surface area (Å²) in [5.74, 6) is 7.53. The number of imidazole rings is 1. The minimum atomic E-state index is -1.36. The third-order valence-electron chi connectivity index (χ3n) is 6.56. The first-order chi connectivity index (χ1) is 17.2. The first kappa shape index (κ1) is 26.2. The minimum absolute atomic E-state index is 0.0835. The van der Waals surface area contributed by atoms with Gasteiger partial charge in [-0.1, -0.05) is 32.9 Å². The molecular formula is C27H38N6O2S. The molecule has 1 saturated heterocycles. The number of anilines is 1. The Kier molecular flexibility index (Phi) is 8.02. The van der Waals surface area contributed by atoms with Gasteiger partial charge in [0.05, 0.1) is 28.2 Å². The Bertz CT molecular complexity index is 1230. The number of aromatic nitrogens is 2. The summed E-state index contributed by atoms with van der Waals surface area (Å²) in [7, 11) is 0.488. The molecule has 2 heterocycles. The highest BCUT2D eigenvalue weighted by Crippen LogP contribution is 2.31. The molecule has 1 unspecified atom stereocenters. The second kappa shape index (κ2) is 11.0. The number of fused-ring (bicyclic) bond motifs is 1. The van der Waals surface area contributed by atoms with Gasteiger partial charge in [-0.15, -0.1) is 0 Å². The van der Waals surface area contributed by atoms with Crippen LogP contribution in [0.4, 0.5) is 5.69 Å². The summed E-state index contributed by atoms with van der Waals surface area (Å²) < 4.78 is 23.1. The molecule has 0 amide bonds. The molecule has 4 N–H and O–H groups in total. The first-order valence-electron chi connectivity index (χ1n) is 12.4. The van der Waals surface area contributed by atoms with Crippen LogP contribution in [0.2, 0.25) is 0 Å². The second-order valence-corrected chi connectivity index (χ2v) is 11.9. The number of nitrogens with two attached hydrogens (primary N) is 2. The maximum atomic E-state index is 13.3. The Hall–Kier alpha value is -2.88. The van der Waals surface area contributed by atoms with Crippen molar-refractivity contribution >= 4 is 27.7 Å². The highest BCUT2D eigenvalue weighted by atomic mass is 32.2. The van der Waals surface area contributed by atoms with Gasteiger partial charge in [0, 0.05) is 44.6 Å². The van der Waals surface area contributed by atoms with E-state index in [1.165, 1.54) is 11.2 Å². The van der Waals surface area contributed by atoms with E-state index in [0.29, 0.717) is 12.5 Å². The molecule has 1 atom stereocenters. The van der Waals surface area contributed by atoms with Crippen LogP contribution in [0.15, 0.2) is 59.8 Å². The van der Waals surface area contributed by atoms with Crippen molar-refractivity contribution in [2.75, 3.05) is 24.6 Å². The largest absolute Gasteiger partial charge is 0.403 e. The van der Waals surface area contributed by atoms with Gasteiger partial charge in [-0.25, -0.2) is 15.0 Å². The van der Waals surface area contributed by atoms with Gasteiger partial charge in [0.1, 0.15) is 5.82 Å². The van der Waals surface area contributed by atoms with Crippen molar-refractivity contribution in [2.24, 2.45) is 17.5 Å². The number of nitrogens with zero attached hydrogens (tertiary/aromatic N) is 4. The monoisotopic (exact) mass is 510 g/mol. The summed E-state index contributed by atoms with van der Waals surface area (Å²) >= 11 is 0. The molecule has 1 aliphatic rings. The summed E-state index contributed by atoms with van der Waals surface area (Å²) in [4.78, 5) is 5.78. The fourth-order valence-electron chi connectivity index (χ4n) is 4.60. The van der Waals surface area contributed by atoms with E-state index in [-0.39, 0.29) is 5.41 Å². The molecule has 0 radical (unpaired) electrons. The number of rotatable bonds is 8. The number of ether oxygens (including phenoxy) is 1. The van der Waals surface area contributed by atoms with Gasteiger partial charge in [-0.2, -0.15) is 0 Å². The van der Waals surface area contributed by atoms with E-state index < -0.39 is 11.0 Å². The molecule has 2 aromatic carbocycles. The molecule has 8 nitrogen and oxygen atoms in total. The van der Waals surface area contributed by atoms with E-state index in [2.05, 4.69) is 31.4 Å². The lowest BCUT2D eigenvalue weighted by molar-refractivity contribution is 0.0611. The van der Waals surface area contributed by atoms with Crippen molar-refractivity contribution in [3.05, 3.63) is 66.3 Å². The van der Waals surface area contributed by atoms with Crippen molar-refractivity contribution < 1.29 is 8.95 Å². The summed E-state index contributed by atoms with van der Waals surface area (Å²) in [6.07, 6.45) is 5.16. The van der Waals surface area contributed by atoms with Gasteiger partial charge in [0.2, 0.25) is 0 Å². The van der Waals surface area contributed by atoms with E-state index in [1.54, 1.807) is 10.5 Å². The molecule has 1 aromatic heterocycles. The molecule has 0 saturated carbocycles. The third kappa shape index (κ3) is 5.91. The predicted molar refractivity (Wildman–Crippen MR) is 146 cm³/mol. The molecule has 0 bridgehead atoms. The lowest BCUT2D eigenvalue weighted by Crippen LogP contribution is -2.25. The highest BCUT2D eigenvalue weighted by molar-refractivity contribution is 7.86. The summed E-state index contributed by atoms with van der Waals surface area (Å²) in [6.45, 7) is 9.74. The van der Waals surface area contributed by atoms with Gasteiger partial charge >= 0.3 is 0 Å². The molecule has 194 valence electrons. The Labute approximate surface area is 216 Å². The zero-order valence-electron chi connectivity index (χ0n) is 21.7. The van der Waals surface area contributed by atoms with Crippen molar-refractivity contribution in [1.29, 1.82) is 0 Å². The Morgan fingerprint density at radius 2 is 1.86 bits per heavy atom. The molecule has 1 aliphatic heterocycles. The van der Waals surface area contributed by atoms with Gasteiger partial charge < -0.3 is 20.0 Å². The predicted octanol–water partition coefficient (Wildman–Crippen LogP) is 4.03. The molecule has 36 heavy (non-hydrogen) atoms. The fourth-order valence-corrected chi connectivity index (χ4v) is 5.59. The Morgan fingerprint density at radius 3 is 2.50 bits per heavy atom. The average molecular weight is 511 g/mol. The standard InChI is InChI=1S/C27H38N6O2S/c1-27(2,3)26-30-24-17-22(7-10-25(24)33(26)19-21-11-15-35-16-12-21)31(4)36(34)23-8-5-20(6-9-23)18-32(29)14-13-28/h5-10,13-14,17,21H,11-12,15-16,18-19,28-29H2,1-4H3/b14-13-. The van der Waals surface area contributed by atoms with E-state index >= 15 is 0 Å². The van der Waals surface area contributed by atoms with Crippen LogP contribution in [0, 0.1) is 5.92 Å². The normalized spacial score (nSPS) is 16.0.